The first-order chi connectivity index (χ1) is 16.2. The number of carbonyl (C=O) groups excluding carboxylic acids is 1. The van der Waals surface area contributed by atoms with E-state index in [0.29, 0.717) is 24.4 Å². The second kappa shape index (κ2) is 11.1. The maximum Gasteiger partial charge on any atom is 0.305 e. The molecule has 4 N–H and O–H groups in total. The highest BCUT2D eigenvalue weighted by molar-refractivity contribution is 6.40. The highest BCUT2D eigenvalue weighted by atomic mass is 35.5. The van der Waals surface area contributed by atoms with Crippen molar-refractivity contribution in [2.24, 2.45) is 0 Å². The third-order valence-corrected chi connectivity index (χ3v) is 5.44. The van der Waals surface area contributed by atoms with E-state index in [2.05, 4.69) is 20.9 Å². The first-order valence-electron chi connectivity index (χ1n) is 9.97. The Morgan fingerprint density at radius 1 is 1.06 bits per heavy atom. The molecule has 3 rings (SSSR count). The van der Waals surface area contributed by atoms with Gasteiger partial charge in [0, 0.05) is 31.7 Å². The van der Waals surface area contributed by atoms with E-state index in [-0.39, 0.29) is 33.4 Å². The number of halogens is 2. The molecule has 0 spiro atoms. The van der Waals surface area contributed by atoms with Gasteiger partial charge in [-0.1, -0.05) is 35.3 Å². The molecule has 1 amide bonds. The second-order valence-corrected chi connectivity index (χ2v) is 7.99. The summed E-state index contributed by atoms with van der Waals surface area (Å²) in [6, 6.07) is 5.50. The lowest BCUT2D eigenvalue weighted by molar-refractivity contribution is -0.137. The van der Waals surface area contributed by atoms with Gasteiger partial charge in [-0.2, -0.15) is 0 Å². The molecule has 34 heavy (non-hydrogen) atoms. The number of amides is 1. The smallest absolute Gasteiger partial charge is 0.305 e. The first-order valence-corrected chi connectivity index (χ1v) is 10.7. The Morgan fingerprint density at radius 2 is 1.68 bits per heavy atom. The number of hydrogen-bond donors (Lipinski definition) is 4. The molecule has 0 saturated carbocycles. The molecule has 0 saturated heterocycles. The predicted molar refractivity (Wildman–Crippen MR) is 129 cm³/mol. The molecule has 3 aromatic rings. The van der Waals surface area contributed by atoms with E-state index in [9.17, 15) is 24.3 Å². The molecule has 0 bridgehead atoms. The number of aliphatic carboxylic acids is 1. The van der Waals surface area contributed by atoms with Crippen LogP contribution in [0.1, 0.15) is 28.4 Å². The van der Waals surface area contributed by atoms with Gasteiger partial charge in [-0.25, -0.2) is 0 Å². The number of methoxy groups -OCH3 is 1. The van der Waals surface area contributed by atoms with Crippen LogP contribution in [-0.2, 0) is 9.53 Å². The molecule has 0 aliphatic rings. The number of hydrogen-bond acceptors (Lipinski definition) is 8. The molecule has 0 radical (unpaired) electrons. The molecule has 1 heterocycles. The molecule has 2 aromatic carbocycles. The lowest BCUT2D eigenvalue weighted by Crippen LogP contribution is -2.38. The molecular formula is C22H20Cl2N4O6. The van der Waals surface area contributed by atoms with Crippen molar-refractivity contribution in [2.45, 2.75) is 12.5 Å². The maximum atomic E-state index is 12.5. The van der Waals surface area contributed by atoms with E-state index >= 15 is 0 Å². The van der Waals surface area contributed by atoms with Crippen molar-refractivity contribution >= 4 is 52.1 Å². The van der Waals surface area contributed by atoms with Gasteiger partial charge in [-0.3, -0.25) is 24.2 Å². The van der Waals surface area contributed by atoms with Crippen molar-refractivity contribution in [1.82, 2.24) is 4.98 Å². The Balaban J connectivity index is 1.78. The highest BCUT2D eigenvalue weighted by Crippen LogP contribution is 2.27. The van der Waals surface area contributed by atoms with Crippen molar-refractivity contribution in [1.29, 1.82) is 0 Å². The van der Waals surface area contributed by atoms with E-state index in [4.69, 9.17) is 27.9 Å². The van der Waals surface area contributed by atoms with E-state index in [1.54, 1.807) is 24.3 Å². The topological polar surface area (TPSA) is 147 Å². The van der Waals surface area contributed by atoms with Gasteiger partial charge in [-0.05, 0) is 17.7 Å². The molecule has 10 nitrogen and oxygen atoms in total. The fourth-order valence-electron chi connectivity index (χ4n) is 3.20. The summed E-state index contributed by atoms with van der Waals surface area (Å²) in [6.45, 7) is 0.624. The van der Waals surface area contributed by atoms with Gasteiger partial charge in [-0.15, -0.1) is 0 Å². The number of carbonyl (C=O) groups is 2. The monoisotopic (exact) mass is 506 g/mol. The van der Waals surface area contributed by atoms with Gasteiger partial charge in [0.25, 0.3) is 16.8 Å². The van der Waals surface area contributed by atoms with Crippen molar-refractivity contribution in [2.75, 3.05) is 36.2 Å². The molecule has 178 valence electrons. The van der Waals surface area contributed by atoms with Crippen LogP contribution in [0.5, 0.6) is 0 Å². The normalized spacial score (nSPS) is 11.7. The number of pyridine rings is 1. The van der Waals surface area contributed by atoms with Crippen molar-refractivity contribution < 1.29 is 19.4 Å². The van der Waals surface area contributed by atoms with Gasteiger partial charge >= 0.3 is 5.97 Å². The fourth-order valence-corrected chi connectivity index (χ4v) is 3.73. The Hall–Kier alpha value is -3.47. The number of nitrogens with zero attached hydrogens (tertiary/aromatic N) is 1. The SMILES string of the molecule is COCCNc1c(N[C@@H](CC(=O)O)c2ccc(NC(=O)c3c(Cl)cncc3Cl)cc2)c(=O)c1=O. The minimum absolute atomic E-state index is 0.0201. The molecule has 0 fully saturated rings. The molecule has 1 atom stereocenters. The van der Waals surface area contributed by atoms with Crippen LogP contribution in [0.4, 0.5) is 17.1 Å². The van der Waals surface area contributed by atoms with Gasteiger partial charge in [0.15, 0.2) is 0 Å². The average Bonchev–Trinajstić information content (AvgIpc) is 2.80. The zero-order valence-electron chi connectivity index (χ0n) is 17.9. The van der Waals surface area contributed by atoms with Crippen LogP contribution < -0.4 is 26.8 Å². The minimum atomic E-state index is -1.11. The Labute approximate surface area is 203 Å². The van der Waals surface area contributed by atoms with Crippen LogP contribution in [0.3, 0.4) is 0 Å². The number of anilines is 3. The largest absolute Gasteiger partial charge is 0.481 e. The van der Waals surface area contributed by atoms with E-state index < -0.39 is 28.8 Å². The summed E-state index contributed by atoms with van der Waals surface area (Å²) in [5, 5.41) is 17.8. The van der Waals surface area contributed by atoms with Gasteiger partial charge in [0.2, 0.25) is 0 Å². The number of ether oxygens (including phenoxy) is 1. The van der Waals surface area contributed by atoms with E-state index in [0.717, 1.165) is 0 Å². The summed E-state index contributed by atoms with van der Waals surface area (Å²) in [5.74, 6) is -1.65. The van der Waals surface area contributed by atoms with Crippen LogP contribution in [-0.4, -0.2) is 42.2 Å². The zero-order chi connectivity index (χ0) is 24.8. The lowest BCUT2D eigenvalue weighted by Gasteiger charge is -2.22. The van der Waals surface area contributed by atoms with E-state index in [1.165, 1.54) is 19.5 Å². The lowest BCUT2D eigenvalue weighted by atomic mass is 10.0. The first kappa shape index (κ1) is 25.2. The predicted octanol–water partition coefficient (Wildman–Crippen LogP) is 2.92. The molecule has 1 aromatic heterocycles. The average molecular weight is 507 g/mol. The standard InChI is InChI=1S/C22H20Cl2N4O6/c1-34-7-6-26-18-19(21(32)20(18)31)28-15(8-16(29)30)11-2-4-12(5-3-11)27-22(33)17-13(23)9-25-10-14(17)24/h2-5,9-10,15,26,28H,6-8H2,1H3,(H,27,33)(H,29,30)/t15-/m0/s1. The number of rotatable bonds is 11. The van der Waals surface area contributed by atoms with Crippen LogP contribution in [0.2, 0.25) is 10.0 Å². The number of benzene rings is 1. The molecule has 0 aliphatic carbocycles. The summed E-state index contributed by atoms with van der Waals surface area (Å²) in [5.41, 5.74) is -0.302. The second-order valence-electron chi connectivity index (χ2n) is 7.18. The van der Waals surface area contributed by atoms with Crippen LogP contribution in [0.25, 0.3) is 0 Å². The fraction of sp³-hybridized carbons (Fsp3) is 0.227. The number of carboxylic acid groups (broad SMARTS) is 1. The molecule has 12 heteroatoms. The molecular weight excluding hydrogens is 487 g/mol. The Morgan fingerprint density at radius 3 is 2.26 bits per heavy atom. The summed E-state index contributed by atoms with van der Waals surface area (Å²) in [7, 11) is 1.50. The van der Waals surface area contributed by atoms with Crippen LogP contribution >= 0.6 is 23.2 Å². The van der Waals surface area contributed by atoms with Crippen molar-refractivity contribution in [3.63, 3.8) is 0 Å². The van der Waals surface area contributed by atoms with Gasteiger partial charge < -0.3 is 25.8 Å². The summed E-state index contributed by atoms with van der Waals surface area (Å²) < 4.78 is 4.91. The summed E-state index contributed by atoms with van der Waals surface area (Å²) in [4.78, 5) is 51.7. The summed E-state index contributed by atoms with van der Waals surface area (Å²) in [6.07, 6.45) is 2.24. The van der Waals surface area contributed by atoms with Crippen molar-refractivity contribution in [3.05, 3.63) is 78.3 Å². The number of nitrogens with one attached hydrogen (secondary N) is 3. The number of carboxylic acids is 1. The third kappa shape index (κ3) is 5.71. The highest BCUT2D eigenvalue weighted by Gasteiger charge is 2.25. The summed E-state index contributed by atoms with van der Waals surface area (Å²) >= 11 is 12.0. The number of aromatic nitrogens is 1. The third-order valence-electron chi connectivity index (χ3n) is 4.87. The zero-order valence-corrected chi connectivity index (χ0v) is 19.4. The minimum Gasteiger partial charge on any atom is -0.481 e. The van der Waals surface area contributed by atoms with Gasteiger partial charge in [0.1, 0.15) is 11.4 Å². The Kier molecular flexibility index (Phi) is 8.21. The maximum absolute atomic E-state index is 12.5. The molecule has 0 unspecified atom stereocenters. The molecule has 0 aliphatic heterocycles. The Bertz CT molecular complexity index is 1250. The van der Waals surface area contributed by atoms with Crippen LogP contribution in [0, 0.1) is 0 Å². The van der Waals surface area contributed by atoms with E-state index in [1.807, 2.05) is 0 Å². The quantitative estimate of drug-likeness (QED) is 0.227. The van der Waals surface area contributed by atoms with Crippen molar-refractivity contribution in [3.8, 4) is 0 Å². The van der Waals surface area contributed by atoms with Crippen LogP contribution in [0.15, 0.2) is 46.2 Å². The van der Waals surface area contributed by atoms with Gasteiger partial charge in [0.05, 0.1) is 34.7 Å².